The molecule has 126 valence electrons. The van der Waals surface area contributed by atoms with E-state index in [2.05, 4.69) is 16.3 Å². The molecular weight excluding hydrogens is 316 g/mol. The van der Waals surface area contributed by atoms with Crippen LogP contribution in [0.4, 0.5) is 0 Å². The Balaban J connectivity index is 2.05. The molecule has 6 nitrogen and oxygen atoms in total. The number of fused-ring (bicyclic) bond motifs is 1. The Morgan fingerprint density at radius 1 is 1.00 bits per heavy atom. The van der Waals surface area contributed by atoms with Gasteiger partial charge in [0.05, 0.1) is 14.2 Å². The molecule has 0 saturated heterocycles. The molecule has 0 N–H and O–H groups in total. The zero-order chi connectivity index (χ0) is 18.0. The van der Waals surface area contributed by atoms with Gasteiger partial charge < -0.3 is 9.47 Å². The monoisotopic (exact) mass is 334 g/mol. The number of aryl methyl sites for hydroxylation is 2. The minimum atomic E-state index is 0.318. The summed E-state index contributed by atoms with van der Waals surface area (Å²) in [4.78, 5) is 1.36. The Kier molecular flexibility index (Phi) is 4.40. The summed E-state index contributed by atoms with van der Waals surface area (Å²) in [6, 6.07) is 11.5. The second-order valence-corrected chi connectivity index (χ2v) is 5.67. The molecule has 0 radical (unpaired) electrons. The molecule has 0 amide bonds. The van der Waals surface area contributed by atoms with Gasteiger partial charge in [-0.05, 0) is 60.9 Å². The van der Waals surface area contributed by atoms with Gasteiger partial charge in [0.15, 0.2) is 17.2 Å². The van der Waals surface area contributed by atoms with Crippen LogP contribution in [0, 0.1) is 25.2 Å². The number of hydrogen-bond donors (Lipinski definition) is 0. The van der Waals surface area contributed by atoms with E-state index in [1.165, 1.54) is 4.80 Å². The van der Waals surface area contributed by atoms with Crippen molar-refractivity contribution in [2.45, 2.75) is 13.8 Å². The Hall–Kier alpha value is -3.33. The van der Waals surface area contributed by atoms with Crippen molar-refractivity contribution in [2.75, 3.05) is 14.2 Å². The maximum atomic E-state index is 9.53. The quantitative estimate of drug-likeness (QED) is 0.682. The van der Waals surface area contributed by atoms with E-state index in [9.17, 15) is 5.26 Å². The molecule has 1 aromatic heterocycles. The van der Waals surface area contributed by atoms with Crippen LogP contribution in [-0.4, -0.2) is 29.2 Å². The third kappa shape index (κ3) is 3.17. The average molecular weight is 334 g/mol. The molecule has 1 heterocycles. The highest BCUT2D eigenvalue weighted by molar-refractivity contribution is 5.82. The van der Waals surface area contributed by atoms with Crippen molar-refractivity contribution in [2.24, 2.45) is 0 Å². The van der Waals surface area contributed by atoms with E-state index < -0.39 is 0 Å². The summed E-state index contributed by atoms with van der Waals surface area (Å²) in [5.74, 6) is 1.23. The van der Waals surface area contributed by atoms with E-state index in [1.54, 1.807) is 32.4 Å². The van der Waals surface area contributed by atoms with Gasteiger partial charge in [-0.15, -0.1) is 15.0 Å². The lowest BCUT2D eigenvalue weighted by Crippen LogP contribution is -1.99. The summed E-state index contributed by atoms with van der Waals surface area (Å²) < 4.78 is 10.5. The van der Waals surface area contributed by atoms with Crippen molar-refractivity contribution < 1.29 is 9.47 Å². The molecule has 0 aliphatic rings. The van der Waals surface area contributed by atoms with Gasteiger partial charge in [-0.25, -0.2) is 0 Å². The van der Waals surface area contributed by atoms with Crippen LogP contribution < -0.4 is 9.47 Å². The summed E-state index contributed by atoms with van der Waals surface area (Å²) >= 11 is 0. The summed E-state index contributed by atoms with van der Waals surface area (Å²) in [5.41, 5.74) is 4.92. The van der Waals surface area contributed by atoms with Crippen LogP contribution in [0.1, 0.15) is 16.7 Å². The lowest BCUT2D eigenvalue weighted by atomic mass is 10.1. The van der Waals surface area contributed by atoms with E-state index in [0.717, 1.165) is 27.7 Å². The van der Waals surface area contributed by atoms with Gasteiger partial charge in [-0.2, -0.15) is 5.26 Å². The summed E-state index contributed by atoms with van der Waals surface area (Å²) in [7, 11) is 3.15. The number of allylic oxidation sites excluding steroid dienone is 1. The molecule has 0 aliphatic heterocycles. The van der Waals surface area contributed by atoms with Gasteiger partial charge in [0, 0.05) is 0 Å². The second kappa shape index (κ2) is 6.65. The molecular formula is C19H18N4O2. The molecule has 0 atom stereocenters. The number of rotatable bonds is 4. The molecule has 2 aromatic carbocycles. The Morgan fingerprint density at radius 2 is 1.60 bits per heavy atom. The molecule has 0 spiro atoms. The smallest absolute Gasteiger partial charge is 0.163 e. The molecule has 6 heteroatoms. The zero-order valence-electron chi connectivity index (χ0n) is 14.6. The van der Waals surface area contributed by atoms with E-state index in [1.807, 2.05) is 32.0 Å². The normalized spacial score (nSPS) is 11.4. The topological polar surface area (TPSA) is 73.0 Å². The van der Waals surface area contributed by atoms with E-state index in [0.29, 0.717) is 17.2 Å². The van der Waals surface area contributed by atoms with Gasteiger partial charge in [0.1, 0.15) is 17.1 Å². The van der Waals surface area contributed by atoms with E-state index >= 15 is 0 Å². The van der Waals surface area contributed by atoms with E-state index in [-0.39, 0.29) is 0 Å². The van der Waals surface area contributed by atoms with Crippen LogP contribution in [0.15, 0.2) is 30.3 Å². The standard InChI is InChI=1S/C19H18N4O2/c1-12-7-16-17(8-13(12)2)22-23(21-16)15(11-20)9-14-5-6-18(24-3)19(10-14)25-4/h5-10H,1-4H3/b15-9+. The summed E-state index contributed by atoms with van der Waals surface area (Å²) in [5, 5.41) is 18.4. The maximum Gasteiger partial charge on any atom is 0.163 e. The molecule has 0 bridgehead atoms. The number of ether oxygens (including phenoxy) is 2. The molecule has 0 unspecified atom stereocenters. The average Bonchev–Trinajstić information content (AvgIpc) is 3.02. The third-order valence-corrected chi connectivity index (χ3v) is 4.04. The number of methoxy groups -OCH3 is 2. The Labute approximate surface area is 145 Å². The number of nitriles is 1. The van der Waals surface area contributed by atoms with Crippen LogP contribution in [-0.2, 0) is 0 Å². The van der Waals surface area contributed by atoms with Crippen LogP contribution in [0.3, 0.4) is 0 Å². The minimum absolute atomic E-state index is 0.318. The second-order valence-electron chi connectivity index (χ2n) is 5.67. The molecule has 3 aromatic rings. The van der Waals surface area contributed by atoms with Gasteiger partial charge in [0.2, 0.25) is 0 Å². The number of aromatic nitrogens is 3. The van der Waals surface area contributed by atoms with Crippen LogP contribution in [0.5, 0.6) is 11.5 Å². The maximum absolute atomic E-state index is 9.53. The first kappa shape index (κ1) is 16.5. The van der Waals surface area contributed by atoms with Crippen molar-refractivity contribution in [3.63, 3.8) is 0 Å². The predicted octanol–water partition coefficient (Wildman–Crippen LogP) is 3.59. The highest BCUT2D eigenvalue weighted by atomic mass is 16.5. The van der Waals surface area contributed by atoms with Crippen molar-refractivity contribution in [1.29, 1.82) is 5.26 Å². The molecule has 0 fully saturated rings. The summed E-state index contributed by atoms with van der Waals surface area (Å²) in [6.07, 6.45) is 1.71. The minimum Gasteiger partial charge on any atom is -0.493 e. The lowest BCUT2D eigenvalue weighted by Gasteiger charge is -2.07. The van der Waals surface area contributed by atoms with Crippen LogP contribution in [0.25, 0.3) is 22.8 Å². The number of benzene rings is 2. The van der Waals surface area contributed by atoms with Crippen molar-refractivity contribution in [3.05, 3.63) is 47.0 Å². The van der Waals surface area contributed by atoms with Crippen molar-refractivity contribution >= 4 is 22.8 Å². The summed E-state index contributed by atoms with van der Waals surface area (Å²) in [6.45, 7) is 4.05. The zero-order valence-corrected chi connectivity index (χ0v) is 14.6. The number of hydrogen-bond acceptors (Lipinski definition) is 5. The third-order valence-electron chi connectivity index (χ3n) is 4.04. The molecule has 25 heavy (non-hydrogen) atoms. The predicted molar refractivity (Wildman–Crippen MR) is 96.3 cm³/mol. The van der Waals surface area contributed by atoms with Gasteiger partial charge in [0.25, 0.3) is 0 Å². The highest BCUT2D eigenvalue weighted by Gasteiger charge is 2.10. The van der Waals surface area contributed by atoms with E-state index in [4.69, 9.17) is 9.47 Å². The van der Waals surface area contributed by atoms with Gasteiger partial charge in [-0.1, -0.05) is 6.07 Å². The van der Waals surface area contributed by atoms with Gasteiger partial charge in [-0.3, -0.25) is 0 Å². The first-order valence-corrected chi connectivity index (χ1v) is 7.74. The fourth-order valence-corrected chi connectivity index (χ4v) is 2.52. The van der Waals surface area contributed by atoms with Crippen molar-refractivity contribution in [1.82, 2.24) is 15.0 Å². The molecule has 0 saturated carbocycles. The first-order valence-electron chi connectivity index (χ1n) is 7.74. The Bertz CT molecular complexity index is 973. The first-order chi connectivity index (χ1) is 12.0. The van der Waals surface area contributed by atoms with Crippen molar-refractivity contribution in [3.8, 4) is 17.6 Å². The van der Waals surface area contributed by atoms with Gasteiger partial charge >= 0.3 is 0 Å². The fraction of sp³-hybridized carbons (Fsp3) is 0.211. The number of nitrogens with zero attached hydrogens (tertiary/aromatic N) is 4. The largest absolute Gasteiger partial charge is 0.493 e. The van der Waals surface area contributed by atoms with Crippen LogP contribution in [0.2, 0.25) is 0 Å². The Morgan fingerprint density at radius 3 is 2.12 bits per heavy atom. The van der Waals surface area contributed by atoms with Crippen LogP contribution >= 0.6 is 0 Å². The lowest BCUT2D eigenvalue weighted by molar-refractivity contribution is 0.355. The highest BCUT2D eigenvalue weighted by Crippen LogP contribution is 2.28. The SMILES string of the molecule is COc1ccc(/C=C(\C#N)n2nc3cc(C)c(C)cc3n2)cc1OC. The molecule has 0 aliphatic carbocycles. The molecule has 3 rings (SSSR count). The fourth-order valence-electron chi connectivity index (χ4n) is 2.52.